The maximum absolute atomic E-state index is 11.4. The van der Waals surface area contributed by atoms with Crippen LogP contribution in [0.3, 0.4) is 0 Å². The summed E-state index contributed by atoms with van der Waals surface area (Å²) in [7, 11) is 1.72. The molecule has 0 amide bonds. The zero-order valence-corrected chi connectivity index (χ0v) is 12.8. The highest BCUT2D eigenvalue weighted by molar-refractivity contribution is 7.99. The van der Waals surface area contributed by atoms with Crippen molar-refractivity contribution >= 4 is 11.8 Å². The largest absolute Gasteiger partial charge is 0.339 e. The van der Waals surface area contributed by atoms with Crippen LogP contribution in [0, 0.1) is 0 Å². The highest BCUT2D eigenvalue weighted by Crippen LogP contribution is 2.32. The Morgan fingerprint density at radius 2 is 2.15 bits per heavy atom. The Labute approximate surface area is 122 Å². The fourth-order valence-corrected chi connectivity index (χ4v) is 3.79. The van der Waals surface area contributed by atoms with Crippen molar-refractivity contribution in [1.82, 2.24) is 20.1 Å². The van der Waals surface area contributed by atoms with E-state index < -0.39 is 11.1 Å². The van der Waals surface area contributed by atoms with Crippen LogP contribution >= 0.6 is 11.8 Å². The standard InChI is InChI=1S/C13H22N4O2S/c1-3-8-14-9-6-4-5-7-10(9)20-13-15-11(18)12(19)16-17(13)2/h9-10,14H,3-8H2,1-2H3,(H,16,19). The zero-order chi connectivity index (χ0) is 14.5. The molecule has 1 aromatic rings. The summed E-state index contributed by atoms with van der Waals surface area (Å²) in [4.78, 5) is 26.5. The molecule has 112 valence electrons. The van der Waals surface area contributed by atoms with Crippen molar-refractivity contribution in [2.45, 2.75) is 55.5 Å². The molecule has 0 aliphatic heterocycles. The molecule has 1 heterocycles. The summed E-state index contributed by atoms with van der Waals surface area (Å²) in [5.74, 6) is 0. The summed E-state index contributed by atoms with van der Waals surface area (Å²) in [6.07, 6.45) is 5.84. The first-order valence-corrected chi connectivity index (χ1v) is 8.07. The van der Waals surface area contributed by atoms with E-state index >= 15 is 0 Å². The van der Waals surface area contributed by atoms with Crippen molar-refractivity contribution in [3.05, 3.63) is 20.7 Å². The van der Waals surface area contributed by atoms with E-state index in [2.05, 4.69) is 22.3 Å². The number of aromatic nitrogens is 3. The molecule has 0 saturated heterocycles. The molecule has 0 bridgehead atoms. The number of nitrogens with zero attached hydrogens (tertiary/aromatic N) is 2. The van der Waals surface area contributed by atoms with Crippen LogP contribution in [0.2, 0.25) is 0 Å². The lowest BCUT2D eigenvalue weighted by molar-refractivity contribution is 0.383. The van der Waals surface area contributed by atoms with Gasteiger partial charge in [-0.15, -0.1) is 0 Å². The average molecular weight is 298 g/mol. The Morgan fingerprint density at radius 3 is 2.90 bits per heavy atom. The normalized spacial score (nSPS) is 22.9. The first kappa shape index (κ1) is 15.3. The van der Waals surface area contributed by atoms with Crippen molar-refractivity contribution in [2.75, 3.05) is 6.54 Å². The molecule has 0 spiro atoms. The van der Waals surface area contributed by atoms with Crippen LogP contribution in [0.25, 0.3) is 0 Å². The number of rotatable bonds is 5. The molecule has 1 fully saturated rings. The quantitative estimate of drug-likeness (QED) is 0.789. The topological polar surface area (TPSA) is 79.8 Å². The molecule has 1 aromatic heterocycles. The Kier molecular flexibility index (Phi) is 5.42. The Balaban J connectivity index is 2.12. The van der Waals surface area contributed by atoms with Crippen molar-refractivity contribution in [1.29, 1.82) is 0 Å². The van der Waals surface area contributed by atoms with Crippen LogP contribution in [-0.4, -0.2) is 32.6 Å². The van der Waals surface area contributed by atoms with Gasteiger partial charge in [-0.2, -0.15) is 4.98 Å². The van der Waals surface area contributed by atoms with Crippen LogP contribution in [0.1, 0.15) is 39.0 Å². The van der Waals surface area contributed by atoms with Crippen LogP contribution in [0.5, 0.6) is 0 Å². The predicted molar refractivity (Wildman–Crippen MR) is 80.3 cm³/mol. The van der Waals surface area contributed by atoms with Crippen molar-refractivity contribution in [3.63, 3.8) is 0 Å². The molecule has 0 radical (unpaired) electrons. The summed E-state index contributed by atoms with van der Waals surface area (Å²) in [6, 6.07) is 0.456. The van der Waals surface area contributed by atoms with Gasteiger partial charge in [0, 0.05) is 18.3 Å². The molecule has 2 unspecified atom stereocenters. The number of aromatic amines is 1. The second-order valence-corrected chi connectivity index (χ2v) is 6.41. The fourth-order valence-electron chi connectivity index (χ4n) is 2.50. The molecule has 1 aliphatic rings. The van der Waals surface area contributed by atoms with E-state index in [0.29, 0.717) is 16.4 Å². The molecule has 2 atom stereocenters. The van der Waals surface area contributed by atoms with Crippen molar-refractivity contribution < 1.29 is 0 Å². The third-order valence-electron chi connectivity index (χ3n) is 3.56. The molecule has 2 N–H and O–H groups in total. The molecule has 20 heavy (non-hydrogen) atoms. The van der Waals surface area contributed by atoms with Gasteiger partial charge >= 0.3 is 11.1 Å². The van der Waals surface area contributed by atoms with Gasteiger partial charge < -0.3 is 5.32 Å². The van der Waals surface area contributed by atoms with E-state index in [1.165, 1.54) is 12.8 Å². The second kappa shape index (κ2) is 7.08. The summed E-state index contributed by atoms with van der Waals surface area (Å²) in [6.45, 7) is 3.17. The lowest BCUT2D eigenvalue weighted by Crippen LogP contribution is -2.41. The minimum atomic E-state index is -0.709. The SMILES string of the molecule is CCCNC1CCCCC1Sc1nc(=O)c(=O)[nH]n1C. The molecular formula is C13H22N4O2S. The summed E-state index contributed by atoms with van der Waals surface area (Å²) >= 11 is 1.59. The molecule has 0 aromatic carbocycles. The van der Waals surface area contributed by atoms with Gasteiger partial charge in [0.05, 0.1) is 0 Å². The summed E-state index contributed by atoms with van der Waals surface area (Å²) in [5, 5.41) is 7.07. The molecule has 7 heteroatoms. The van der Waals surface area contributed by atoms with Gasteiger partial charge in [0.1, 0.15) is 0 Å². The predicted octanol–water partition coefficient (Wildman–Crippen LogP) is 0.871. The third kappa shape index (κ3) is 3.73. The van der Waals surface area contributed by atoms with Crippen LogP contribution < -0.4 is 16.4 Å². The van der Waals surface area contributed by atoms with Gasteiger partial charge in [0.25, 0.3) is 0 Å². The van der Waals surface area contributed by atoms with E-state index in [1.54, 1.807) is 23.5 Å². The van der Waals surface area contributed by atoms with Gasteiger partial charge in [0.15, 0.2) is 5.16 Å². The van der Waals surface area contributed by atoms with Crippen LogP contribution in [-0.2, 0) is 7.05 Å². The number of hydrogen-bond acceptors (Lipinski definition) is 5. The molecular weight excluding hydrogens is 276 g/mol. The molecule has 2 rings (SSSR count). The Morgan fingerprint density at radius 1 is 1.40 bits per heavy atom. The second-order valence-electron chi connectivity index (χ2n) is 5.20. The number of H-pyrrole nitrogens is 1. The molecule has 1 saturated carbocycles. The highest BCUT2D eigenvalue weighted by atomic mass is 32.2. The Hall–Kier alpha value is -1.08. The first-order chi connectivity index (χ1) is 9.61. The van der Waals surface area contributed by atoms with E-state index in [0.717, 1.165) is 25.8 Å². The van der Waals surface area contributed by atoms with E-state index in [-0.39, 0.29) is 0 Å². The smallest absolute Gasteiger partial charge is 0.313 e. The number of hydrogen-bond donors (Lipinski definition) is 2. The molecule has 6 nitrogen and oxygen atoms in total. The third-order valence-corrected chi connectivity index (χ3v) is 5.01. The minimum absolute atomic E-state index is 0.402. The van der Waals surface area contributed by atoms with Crippen molar-refractivity contribution in [2.24, 2.45) is 7.05 Å². The van der Waals surface area contributed by atoms with Crippen molar-refractivity contribution in [3.8, 4) is 0 Å². The van der Waals surface area contributed by atoms with Gasteiger partial charge in [-0.3, -0.25) is 19.4 Å². The van der Waals surface area contributed by atoms with E-state index in [4.69, 9.17) is 0 Å². The highest BCUT2D eigenvalue weighted by Gasteiger charge is 2.26. The zero-order valence-electron chi connectivity index (χ0n) is 12.0. The van der Waals surface area contributed by atoms with Gasteiger partial charge in [-0.25, -0.2) is 0 Å². The van der Waals surface area contributed by atoms with Gasteiger partial charge in [-0.05, 0) is 25.8 Å². The monoisotopic (exact) mass is 298 g/mol. The van der Waals surface area contributed by atoms with E-state index in [9.17, 15) is 9.59 Å². The lowest BCUT2D eigenvalue weighted by atomic mass is 9.95. The maximum atomic E-state index is 11.4. The van der Waals surface area contributed by atoms with Crippen LogP contribution in [0.4, 0.5) is 0 Å². The van der Waals surface area contributed by atoms with Gasteiger partial charge in [-0.1, -0.05) is 31.5 Å². The lowest BCUT2D eigenvalue weighted by Gasteiger charge is -2.31. The summed E-state index contributed by atoms with van der Waals surface area (Å²) in [5.41, 5.74) is -1.37. The molecule has 1 aliphatic carbocycles. The van der Waals surface area contributed by atoms with E-state index in [1.807, 2.05) is 0 Å². The van der Waals surface area contributed by atoms with Gasteiger partial charge in [0.2, 0.25) is 0 Å². The van der Waals surface area contributed by atoms with Crippen LogP contribution in [0.15, 0.2) is 14.7 Å². The number of nitrogens with one attached hydrogen (secondary N) is 2. The average Bonchev–Trinajstić information content (AvgIpc) is 2.44. The first-order valence-electron chi connectivity index (χ1n) is 7.19. The summed E-state index contributed by atoms with van der Waals surface area (Å²) < 4.78 is 1.54. The Bertz CT molecular complexity index is 554. The minimum Gasteiger partial charge on any atom is -0.313 e. The maximum Gasteiger partial charge on any atom is 0.339 e. The fraction of sp³-hybridized carbons (Fsp3) is 0.769. The number of thioether (sulfide) groups is 1. The number of aryl methyl sites for hydroxylation is 1.